The maximum atomic E-state index is 13.3. The molecule has 3 aromatic carbocycles. The summed E-state index contributed by atoms with van der Waals surface area (Å²) >= 11 is 1.59. The lowest BCUT2D eigenvalue weighted by Gasteiger charge is -2.24. The Kier molecular flexibility index (Phi) is 7.42. The highest BCUT2D eigenvalue weighted by atomic mass is 32.2. The van der Waals surface area contributed by atoms with E-state index in [1.807, 2.05) is 71.8 Å². The number of aryl methyl sites for hydroxylation is 1. The van der Waals surface area contributed by atoms with Crippen molar-refractivity contribution in [2.24, 2.45) is 5.10 Å². The van der Waals surface area contributed by atoms with E-state index in [4.69, 9.17) is 0 Å². The Bertz CT molecular complexity index is 1480. The van der Waals surface area contributed by atoms with Crippen LogP contribution in [0.2, 0.25) is 0 Å². The molecule has 1 saturated heterocycles. The van der Waals surface area contributed by atoms with Crippen LogP contribution in [0.1, 0.15) is 43.8 Å². The summed E-state index contributed by atoms with van der Waals surface area (Å²) in [6, 6.07) is 25.5. The Morgan fingerprint density at radius 2 is 1.76 bits per heavy atom. The number of aromatic nitrogens is 1. The maximum absolute atomic E-state index is 13.3. The van der Waals surface area contributed by atoms with Crippen LogP contribution in [0.25, 0.3) is 5.69 Å². The summed E-state index contributed by atoms with van der Waals surface area (Å²) in [6.45, 7) is 4.46. The summed E-state index contributed by atoms with van der Waals surface area (Å²) < 4.78 is 15.3. The minimum Gasteiger partial charge on any atom is -0.322 e. The predicted octanol–water partition coefficient (Wildman–Crippen LogP) is 5.77. The molecule has 1 aliphatic rings. The van der Waals surface area contributed by atoms with Gasteiger partial charge in [-0.3, -0.25) is 9.59 Å². The molecule has 0 aliphatic carbocycles. The van der Waals surface area contributed by atoms with Crippen LogP contribution in [0.3, 0.4) is 0 Å². The molecule has 1 fully saturated rings. The third-order valence-electron chi connectivity index (χ3n) is 6.55. The van der Waals surface area contributed by atoms with Gasteiger partial charge in [0.1, 0.15) is 11.2 Å². The molecule has 0 radical (unpaired) electrons. The monoisotopic (exact) mass is 526 g/mol. The summed E-state index contributed by atoms with van der Waals surface area (Å²) in [5, 5.41) is 4.07. The molecule has 1 aromatic heterocycles. The molecule has 0 bridgehead atoms. The average molecular weight is 527 g/mol. The van der Waals surface area contributed by atoms with Gasteiger partial charge in [-0.05, 0) is 67.4 Å². The van der Waals surface area contributed by atoms with E-state index in [0.717, 1.165) is 33.8 Å². The molecule has 1 N–H and O–H groups in total. The van der Waals surface area contributed by atoms with Crippen molar-refractivity contribution in [3.63, 3.8) is 0 Å². The molecular weight excluding hydrogens is 499 g/mol. The molecule has 8 heteroatoms. The largest absolute Gasteiger partial charge is 0.322 e. The highest BCUT2D eigenvalue weighted by molar-refractivity contribution is 8.00. The Balaban J connectivity index is 1.24. The fourth-order valence-corrected chi connectivity index (χ4v) is 5.80. The zero-order valence-electron chi connectivity index (χ0n) is 21.1. The summed E-state index contributed by atoms with van der Waals surface area (Å²) in [5.74, 6) is -0.0556. The minimum absolute atomic E-state index is 0.0887. The third kappa shape index (κ3) is 5.40. The topological polar surface area (TPSA) is 66.7 Å². The number of nitrogens with zero attached hydrogens (tertiary/aromatic N) is 3. The SMILES string of the molecule is Cc1cc(/C=N/NC(=O)c2ccc(C3SCC(=O)N3Cc3ccccc3)cc2)c(C)n1-c1ccc(F)cc1. The molecule has 1 aliphatic heterocycles. The zero-order chi connectivity index (χ0) is 26.6. The van der Waals surface area contributed by atoms with Gasteiger partial charge in [0.05, 0.1) is 12.0 Å². The first-order valence-corrected chi connectivity index (χ1v) is 13.3. The smallest absolute Gasteiger partial charge is 0.271 e. The van der Waals surface area contributed by atoms with Crippen molar-refractivity contribution in [1.29, 1.82) is 0 Å². The normalized spacial score (nSPS) is 15.4. The summed E-state index contributed by atoms with van der Waals surface area (Å²) in [4.78, 5) is 27.1. The molecule has 2 heterocycles. The highest BCUT2D eigenvalue weighted by Crippen LogP contribution is 2.39. The second-order valence-corrected chi connectivity index (χ2v) is 10.2. The quantitative estimate of drug-likeness (QED) is 0.246. The Labute approximate surface area is 225 Å². The second kappa shape index (κ2) is 11.1. The number of carbonyl (C=O) groups is 2. The van der Waals surface area contributed by atoms with Gasteiger partial charge in [-0.15, -0.1) is 11.8 Å². The van der Waals surface area contributed by atoms with E-state index in [0.29, 0.717) is 17.9 Å². The van der Waals surface area contributed by atoms with Crippen molar-refractivity contribution in [3.05, 3.63) is 124 Å². The van der Waals surface area contributed by atoms with Gasteiger partial charge in [0.15, 0.2) is 0 Å². The van der Waals surface area contributed by atoms with Crippen molar-refractivity contribution in [2.45, 2.75) is 25.8 Å². The Morgan fingerprint density at radius 3 is 2.47 bits per heavy atom. The van der Waals surface area contributed by atoms with Gasteiger partial charge in [0, 0.05) is 34.7 Å². The van der Waals surface area contributed by atoms with E-state index in [-0.39, 0.29) is 23.0 Å². The third-order valence-corrected chi connectivity index (χ3v) is 7.80. The van der Waals surface area contributed by atoms with Gasteiger partial charge < -0.3 is 9.47 Å². The van der Waals surface area contributed by atoms with Crippen LogP contribution in [-0.2, 0) is 11.3 Å². The molecule has 1 unspecified atom stereocenters. The average Bonchev–Trinajstić information content (AvgIpc) is 3.43. The number of thioether (sulfide) groups is 1. The van der Waals surface area contributed by atoms with Crippen molar-refractivity contribution in [1.82, 2.24) is 14.9 Å². The number of halogens is 1. The fraction of sp³-hybridized carbons (Fsp3) is 0.167. The predicted molar refractivity (Wildman–Crippen MR) is 149 cm³/mol. The van der Waals surface area contributed by atoms with E-state index in [1.165, 1.54) is 12.1 Å². The first-order valence-electron chi connectivity index (χ1n) is 12.2. The molecule has 1 atom stereocenters. The summed E-state index contributed by atoms with van der Waals surface area (Å²) in [6.07, 6.45) is 1.61. The first kappa shape index (κ1) is 25.5. The lowest BCUT2D eigenvalue weighted by molar-refractivity contribution is -0.128. The van der Waals surface area contributed by atoms with E-state index in [1.54, 1.807) is 42.2 Å². The fourth-order valence-electron chi connectivity index (χ4n) is 4.61. The van der Waals surface area contributed by atoms with Crippen LogP contribution in [-0.4, -0.2) is 33.2 Å². The minimum atomic E-state index is -0.323. The van der Waals surface area contributed by atoms with E-state index < -0.39 is 0 Å². The number of hydrogen-bond donors (Lipinski definition) is 1. The lowest BCUT2D eigenvalue weighted by atomic mass is 10.1. The van der Waals surface area contributed by atoms with Crippen molar-refractivity contribution in [3.8, 4) is 5.69 Å². The number of nitrogens with one attached hydrogen (secondary N) is 1. The first-order chi connectivity index (χ1) is 18.4. The van der Waals surface area contributed by atoms with Gasteiger partial charge in [-0.2, -0.15) is 5.10 Å². The summed E-state index contributed by atoms with van der Waals surface area (Å²) in [5.41, 5.74) is 8.74. The van der Waals surface area contributed by atoms with Crippen molar-refractivity contribution >= 4 is 29.8 Å². The molecule has 5 rings (SSSR count). The number of hydrazone groups is 1. The molecular formula is C30H27FN4O2S. The lowest BCUT2D eigenvalue weighted by Crippen LogP contribution is -2.27. The number of rotatable bonds is 7. The van der Waals surface area contributed by atoms with Crippen LogP contribution < -0.4 is 5.43 Å². The number of carbonyl (C=O) groups excluding carboxylic acids is 2. The molecule has 0 spiro atoms. The number of benzene rings is 3. The van der Waals surface area contributed by atoms with Crippen LogP contribution in [0, 0.1) is 19.7 Å². The summed E-state index contributed by atoms with van der Waals surface area (Å²) in [7, 11) is 0. The molecule has 2 amide bonds. The maximum Gasteiger partial charge on any atom is 0.271 e. The highest BCUT2D eigenvalue weighted by Gasteiger charge is 2.32. The zero-order valence-corrected chi connectivity index (χ0v) is 21.9. The molecule has 38 heavy (non-hydrogen) atoms. The van der Waals surface area contributed by atoms with Crippen LogP contribution >= 0.6 is 11.8 Å². The molecule has 192 valence electrons. The van der Waals surface area contributed by atoms with Gasteiger partial charge in [-0.1, -0.05) is 42.5 Å². The standard InChI is InChI=1S/C30H27FN4O2S/c1-20-16-25(21(2)35(20)27-14-12-26(31)13-15-27)17-32-33-29(37)23-8-10-24(11-9-23)30-34(28(36)19-38-30)18-22-6-4-3-5-7-22/h3-17,30H,18-19H2,1-2H3,(H,33,37)/b32-17+. The number of amides is 2. The second-order valence-electron chi connectivity index (χ2n) is 9.13. The van der Waals surface area contributed by atoms with Gasteiger partial charge in [0.25, 0.3) is 5.91 Å². The van der Waals surface area contributed by atoms with E-state index in [9.17, 15) is 14.0 Å². The Morgan fingerprint density at radius 1 is 1.05 bits per heavy atom. The van der Waals surface area contributed by atoms with E-state index in [2.05, 4.69) is 10.5 Å². The Hall–Kier alpha value is -4.17. The van der Waals surface area contributed by atoms with Crippen LogP contribution in [0.5, 0.6) is 0 Å². The number of hydrogen-bond acceptors (Lipinski definition) is 4. The van der Waals surface area contributed by atoms with Crippen molar-refractivity contribution < 1.29 is 14.0 Å². The molecule has 0 saturated carbocycles. The van der Waals surface area contributed by atoms with Crippen molar-refractivity contribution in [2.75, 3.05) is 5.75 Å². The molecule has 4 aromatic rings. The van der Waals surface area contributed by atoms with Crippen LogP contribution in [0.4, 0.5) is 4.39 Å². The van der Waals surface area contributed by atoms with Crippen LogP contribution in [0.15, 0.2) is 90.0 Å². The van der Waals surface area contributed by atoms with Gasteiger partial charge in [-0.25, -0.2) is 9.82 Å². The van der Waals surface area contributed by atoms with Gasteiger partial charge >= 0.3 is 0 Å². The van der Waals surface area contributed by atoms with Gasteiger partial charge in [0.2, 0.25) is 5.91 Å². The molecule has 6 nitrogen and oxygen atoms in total. The van der Waals surface area contributed by atoms with E-state index >= 15 is 0 Å².